The van der Waals surface area contributed by atoms with Crippen molar-refractivity contribution in [2.45, 2.75) is 25.4 Å². The number of β-amino-alcohol motifs (C(OH)–C–C–N with tert-alkyl or cyclic N) is 1. The highest BCUT2D eigenvalue weighted by atomic mass is 16.5. The molecule has 0 aromatic carbocycles. The molecule has 1 N–H and O–H groups in total. The van der Waals surface area contributed by atoms with Gasteiger partial charge in [0, 0.05) is 38.6 Å². The summed E-state index contributed by atoms with van der Waals surface area (Å²) in [6.07, 6.45) is 8.57. The van der Waals surface area contributed by atoms with E-state index in [9.17, 15) is 9.90 Å². The maximum Gasteiger partial charge on any atom is 0.255 e. The molecular weight excluding hydrogens is 358 g/mol. The van der Waals surface area contributed by atoms with Crippen molar-refractivity contribution in [3.05, 3.63) is 42.5 Å². The molecule has 0 saturated carbocycles. The number of hydrogen-bond acceptors (Lipinski definition) is 7. The molecule has 2 aromatic rings. The molecule has 1 amide bonds. The second-order valence-electron chi connectivity index (χ2n) is 7.70. The molecule has 2 saturated heterocycles. The summed E-state index contributed by atoms with van der Waals surface area (Å²) < 4.78 is 5.12. The molecule has 2 fully saturated rings. The summed E-state index contributed by atoms with van der Waals surface area (Å²) >= 11 is 0. The Bertz CT molecular complexity index is 806. The van der Waals surface area contributed by atoms with E-state index in [1.807, 2.05) is 0 Å². The van der Waals surface area contributed by atoms with E-state index in [0.29, 0.717) is 30.4 Å². The van der Waals surface area contributed by atoms with Crippen LogP contribution in [0.15, 0.2) is 36.9 Å². The average Bonchev–Trinajstić information content (AvgIpc) is 2.74. The molecule has 2 aliphatic rings. The van der Waals surface area contributed by atoms with Crippen molar-refractivity contribution >= 4 is 11.9 Å². The van der Waals surface area contributed by atoms with Crippen LogP contribution in [0.1, 0.15) is 29.6 Å². The van der Waals surface area contributed by atoms with Crippen LogP contribution >= 0.6 is 0 Å². The van der Waals surface area contributed by atoms with Crippen LogP contribution in [-0.2, 0) is 0 Å². The van der Waals surface area contributed by atoms with Gasteiger partial charge in [-0.1, -0.05) is 0 Å². The number of aromatic nitrogens is 3. The number of rotatable bonds is 3. The minimum Gasteiger partial charge on any atom is -0.494 e. The Morgan fingerprint density at radius 1 is 1.25 bits per heavy atom. The number of carbonyl (C=O) groups is 1. The number of nitrogens with zero attached hydrogens (tertiary/aromatic N) is 5. The first-order valence-corrected chi connectivity index (χ1v) is 9.57. The number of carbonyl (C=O) groups excluding carboxylic acids is 1. The maximum atomic E-state index is 12.9. The Morgan fingerprint density at radius 2 is 2.00 bits per heavy atom. The Labute approximate surface area is 164 Å². The van der Waals surface area contributed by atoms with Crippen molar-refractivity contribution in [3.8, 4) is 5.75 Å². The molecule has 1 unspecified atom stereocenters. The van der Waals surface area contributed by atoms with Gasteiger partial charge in [-0.3, -0.25) is 9.78 Å². The van der Waals surface area contributed by atoms with Crippen molar-refractivity contribution in [1.29, 1.82) is 0 Å². The van der Waals surface area contributed by atoms with E-state index in [-0.39, 0.29) is 11.3 Å². The van der Waals surface area contributed by atoms with Gasteiger partial charge < -0.3 is 19.6 Å². The van der Waals surface area contributed by atoms with E-state index in [2.05, 4.69) is 19.9 Å². The summed E-state index contributed by atoms with van der Waals surface area (Å²) in [4.78, 5) is 29.6. The molecule has 8 nitrogen and oxygen atoms in total. The van der Waals surface area contributed by atoms with E-state index in [1.165, 1.54) is 0 Å². The predicted molar refractivity (Wildman–Crippen MR) is 103 cm³/mol. The minimum atomic E-state index is -0.502. The zero-order valence-corrected chi connectivity index (χ0v) is 16.0. The second kappa shape index (κ2) is 7.71. The van der Waals surface area contributed by atoms with E-state index in [1.54, 1.807) is 48.9 Å². The monoisotopic (exact) mass is 383 g/mol. The summed E-state index contributed by atoms with van der Waals surface area (Å²) in [5.41, 5.74) is 0.495. The van der Waals surface area contributed by atoms with Crippen LogP contribution in [0.3, 0.4) is 0 Å². The molecule has 28 heavy (non-hydrogen) atoms. The maximum absolute atomic E-state index is 12.9. The lowest BCUT2D eigenvalue weighted by Crippen LogP contribution is -2.55. The van der Waals surface area contributed by atoms with Crippen molar-refractivity contribution < 1.29 is 14.6 Å². The van der Waals surface area contributed by atoms with Gasteiger partial charge in [0.2, 0.25) is 5.95 Å². The largest absolute Gasteiger partial charge is 0.494 e. The Morgan fingerprint density at radius 3 is 2.64 bits per heavy atom. The first kappa shape index (κ1) is 18.6. The highest BCUT2D eigenvalue weighted by Crippen LogP contribution is 2.40. The van der Waals surface area contributed by atoms with Gasteiger partial charge in [0.1, 0.15) is 0 Å². The topological polar surface area (TPSA) is 91.7 Å². The SMILES string of the molecule is COc1cnc(N2CCC3(CC2)CC(O)CN(C(=O)c2cccnc2)C3)nc1. The Hall–Kier alpha value is -2.74. The summed E-state index contributed by atoms with van der Waals surface area (Å²) in [6, 6.07) is 3.53. The summed E-state index contributed by atoms with van der Waals surface area (Å²) in [7, 11) is 1.59. The molecule has 2 aliphatic heterocycles. The summed E-state index contributed by atoms with van der Waals surface area (Å²) in [5, 5.41) is 10.5. The van der Waals surface area contributed by atoms with E-state index < -0.39 is 6.10 Å². The Kier molecular flexibility index (Phi) is 5.13. The number of piperidine rings is 2. The average molecular weight is 383 g/mol. The molecule has 1 atom stereocenters. The van der Waals surface area contributed by atoms with Crippen molar-refractivity contribution in [2.75, 3.05) is 38.2 Å². The number of amides is 1. The van der Waals surface area contributed by atoms with Gasteiger partial charge in [-0.25, -0.2) is 9.97 Å². The first-order chi connectivity index (χ1) is 13.6. The number of pyridine rings is 1. The molecule has 0 bridgehead atoms. The number of aliphatic hydroxyl groups is 1. The van der Waals surface area contributed by atoms with Crippen LogP contribution in [-0.4, -0.2) is 70.3 Å². The molecule has 148 valence electrons. The smallest absolute Gasteiger partial charge is 0.255 e. The van der Waals surface area contributed by atoms with Crippen molar-refractivity contribution in [1.82, 2.24) is 19.9 Å². The molecule has 8 heteroatoms. The normalized spacial score (nSPS) is 21.6. The molecule has 0 radical (unpaired) electrons. The molecular formula is C20H25N5O3. The lowest BCUT2D eigenvalue weighted by atomic mass is 9.71. The van der Waals surface area contributed by atoms with Gasteiger partial charge in [-0.2, -0.15) is 0 Å². The first-order valence-electron chi connectivity index (χ1n) is 9.57. The fraction of sp³-hybridized carbons (Fsp3) is 0.500. The van der Waals surface area contributed by atoms with Gasteiger partial charge in [-0.15, -0.1) is 0 Å². The third-order valence-corrected chi connectivity index (χ3v) is 5.78. The quantitative estimate of drug-likeness (QED) is 0.856. The zero-order chi connectivity index (χ0) is 19.6. The lowest BCUT2D eigenvalue weighted by molar-refractivity contribution is -0.0151. The fourth-order valence-corrected chi connectivity index (χ4v) is 4.30. The van der Waals surface area contributed by atoms with Crippen LogP contribution in [0, 0.1) is 5.41 Å². The summed E-state index contributed by atoms with van der Waals surface area (Å²) in [6.45, 7) is 2.64. The number of aliphatic hydroxyl groups excluding tert-OH is 1. The van der Waals surface area contributed by atoms with Gasteiger partial charge in [0.05, 0.1) is 31.2 Å². The number of ether oxygens (including phenoxy) is 1. The predicted octanol–water partition coefficient (Wildman–Crippen LogP) is 1.37. The fourth-order valence-electron chi connectivity index (χ4n) is 4.30. The van der Waals surface area contributed by atoms with Crippen molar-refractivity contribution in [2.24, 2.45) is 5.41 Å². The highest BCUT2D eigenvalue weighted by Gasteiger charge is 2.43. The minimum absolute atomic E-state index is 0.0628. The molecule has 1 spiro atoms. The summed E-state index contributed by atoms with van der Waals surface area (Å²) in [5.74, 6) is 1.26. The van der Waals surface area contributed by atoms with Crippen molar-refractivity contribution in [3.63, 3.8) is 0 Å². The van der Waals surface area contributed by atoms with Gasteiger partial charge in [0.25, 0.3) is 5.91 Å². The number of hydrogen-bond donors (Lipinski definition) is 1. The molecule has 4 rings (SSSR count). The Balaban J connectivity index is 1.44. The van der Waals surface area contributed by atoms with Crippen LogP contribution < -0.4 is 9.64 Å². The number of anilines is 1. The number of methoxy groups -OCH3 is 1. The van der Waals surface area contributed by atoms with Crippen LogP contribution in [0.2, 0.25) is 0 Å². The van der Waals surface area contributed by atoms with Crippen LogP contribution in [0.5, 0.6) is 5.75 Å². The highest BCUT2D eigenvalue weighted by molar-refractivity contribution is 5.94. The third-order valence-electron chi connectivity index (χ3n) is 5.78. The standard InChI is InChI=1S/C20H25N5O3/c1-28-17-11-22-19(23-12-17)24-7-4-20(5-8-24)9-16(26)13-25(14-20)18(27)15-3-2-6-21-10-15/h2-3,6,10-12,16,26H,4-5,7-9,13-14H2,1H3. The zero-order valence-electron chi connectivity index (χ0n) is 16.0. The van der Waals surface area contributed by atoms with E-state index >= 15 is 0 Å². The lowest BCUT2D eigenvalue weighted by Gasteiger charge is -2.49. The van der Waals surface area contributed by atoms with Gasteiger partial charge >= 0.3 is 0 Å². The second-order valence-corrected chi connectivity index (χ2v) is 7.70. The van der Waals surface area contributed by atoms with E-state index in [0.717, 1.165) is 32.4 Å². The van der Waals surface area contributed by atoms with Gasteiger partial charge in [-0.05, 0) is 36.8 Å². The van der Waals surface area contributed by atoms with Crippen LogP contribution in [0.25, 0.3) is 0 Å². The van der Waals surface area contributed by atoms with Crippen LogP contribution in [0.4, 0.5) is 5.95 Å². The van der Waals surface area contributed by atoms with Gasteiger partial charge in [0.15, 0.2) is 5.75 Å². The molecule has 2 aromatic heterocycles. The van der Waals surface area contributed by atoms with E-state index in [4.69, 9.17) is 4.74 Å². The molecule has 4 heterocycles. The third kappa shape index (κ3) is 3.77. The molecule has 0 aliphatic carbocycles. The number of likely N-dealkylation sites (tertiary alicyclic amines) is 1.